The summed E-state index contributed by atoms with van der Waals surface area (Å²) in [5.41, 5.74) is 3.03. The lowest BCUT2D eigenvalue weighted by Crippen LogP contribution is -2.39. The second kappa shape index (κ2) is 12.9. The molecule has 0 amide bonds. The smallest absolute Gasteiger partial charge is 0.378 e. The van der Waals surface area contributed by atoms with Crippen LogP contribution < -0.4 is 16.0 Å². The minimum absolute atomic E-state index is 0.193. The van der Waals surface area contributed by atoms with Crippen LogP contribution in [0.5, 0.6) is 0 Å². The SMILES string of the molecule is C=C(CNC(=C)c1ccnn1C)Nc1cc(C(C)N2CC(C(F)(F)F)NC2=C)ccn1.CC1CCCCC1. The van der Waals surface area contributed by atoms with Gasteiger partial charge in [-0.1, -0.05) is 58.8 Å². The van der Waals surface area contributed by atoms with E-state index < -0.39 is 12.2 Å². The molecule has 1 saturated heterocycles. The molecule has 4 rings (SSSR count). The zero-order chi connectivity index (χ0) is 27.9. The van der Waals surface area contributed by atoms with Crippen LogP contribution in [0, 0.1) is 5.92 Å². The van der Waals surface area contributed by atoms with E-state index in [1.165, 1.54) is 32.1 Å². The van der Waals surface area contributed by atoms with Crippen molar-refractivity contribution in [3.8, 4) is 0 Å². The van der Waals surface area contributed by atoms with Crippen LogP contribution in [0.1, 0.15) is 63.3 Å². The molecular formula is C28H40F3N7. The van der Waals surface area contributed by atoms with Gasteiger partial charge in [0.15, 0.2) is 0 Å². The zero-order valence-corrected chi connectivity index (χ0v) is 22.6. The number of hydrogen-bond donors (Lipinski definition) is 3. The molecule has 0 radical (unpaired) electrons. The number of aryl methyl sites for hydroxylation is 1. The predicted molar refractivity (Wildman–Crippen MR) is 147 cm³/mol. The van der Waals surface area contributed by atoms with Gasteiger partial charge in [0.05, 0.1) is 29.8 Å². The van der Waals surface area contributed by atoms with Crippen molar-refractivity contribution in [2.24, 2.45) is 13.0 Å². The molecule has 38 heavy (non-hydrogen) atoms. The number of nitrogens with zero attached hydrogens (tertiary/aromatic N) is 4. The Kier molecular flexibility index (Phi) is 9.88. The van der Waals surface area contributed by atoms with E-state index in [2.05, 4.69) is 52.7 Å². The highest BCUT2D eigenvalue weighted by atomic mass is 19.4. The van der Waals surface area contributed by atoms with Gasteiger partial charge in [-0.15, -0.1) is 0 Å². The number of alkyl halides is 3. The average Bonchev–Trinajstić information content (AvgIpc) is 3.48. The normalized spacial score (nSPS) is 18.7. The standard InChI is InChI=1S/C21H26F3N7.C7H14/c1-13(11-26-14(2)18-7-9-27-30(18)5)28-20-10-17(6-8-25-20)15(3)31-12-19(21(22,23)24)29-16(31)4;1-7-5-3-2-4-6-7/h6-10,15,19,26,29H,1-2,4,11-12H2,3,5H3,(H,25,28);7H,2-6H2,1H3. The van der Waals surface area contributed by atoms with E-state index in [4.69, 9.17) is 0 Å². The molecule has 2 fully saturated rings. The lowest BCUT2D eigenvalue weighted by Gasteiger charge is -2.27. The molecule has 1 aliphatic heterocycles. The van der Waals surface area contributed by atoms with Crippen molar-refractivity contribution in [2.45, 2.75) is 64.2 Å². The second-order valence-corrected chi connectivity index (χ2v) is 10.1. The Morgan fingerprint density at radius 2 is 1.89 bits per heavy atom. The molecule has 208 valence electrons. The molecule has 3 N–H and O–H groups in total. The lowest BCUT2D eigenvalue weighted by molar-refractivity contribution is -0.150. The molecule has 1 saturated carbocycles. The van der Waals surface area contributed by atoms with Crippen molar-refractivity contribution >= 4 is 11.5 Å². The number of rotatable bonds is 8. The van der Waals surface area contributed by atoms with Gasteiger partial charge in [0.1, 0.15) is 11.9 Å². The zero-order valence-electron chi connectivity index (χ0n) is 22.6. The Labute approximate surface area is 223 Å². The average molecular weight is 532 g/mol. The highest BCUT2D eigenvalue weighted by Crippen LogP contribution is 2.32. The fourth-order valence-electron chi connectivity index (χ4n) is 4.67. The Morgan fingerprint density at radius 1 is 1.18 bits per heavy atom. The van der Waals surface area contributed by atoms with Crippen molar-refractivity contribution in [1.82, 2.24) is 30.3 Å². The fraction of sp³-hybridized carbons (Fsp3) is 0.500. The van der Waals surface area contributed by atoms with Gasteiger partial charge in [-0.3, -0.25) is 4.68 Å². The monoisotopic (exact) mass is 531 g/mol. The van der Waals surface area contributed by atoms with Gasteiger partial charge < -0.3 is 20.9 Å². The first-order valence-electron chi connectivity index (χ1n) is 13.1. The van der Waals surface area contributed by atoms with Gasteiger partial charge in [-0.2, -0.15) is 18.3 Å². The van der Waals surface area contributed by atoms with E-state index in [0.29, 0.717) is 23.8 Å². The summed E-state index contributed by atoms with van der Waals surface area (Å²) in [5, 5.41) is 12.8. The third-order valence-electron chi connectivity index (χ3n) is 7.04. The molecule has 2 aromatic rings. The van der Waals surface area contributed by atoms with E-state index in [-0.39, 0.29) is 18.4 Å². The molecule has 0 aromatic carbocycles. The number of anilines is 1. The molecular weight excluding hydrogens is 491 g/mol. The van der Waals surface area contributed by atoms with Gasteiger partial charge in [0.2, 0.25) is 0 Å². The summed E-state index contributed by atoms with van der Waals surface area (Å²) in [6.07, 6.45) is 6.41. The third-order valence-corrected chi connectivity index (χ3v) is 7.04. The lowest BCUT2D eigenvalue weighted by atomic mass is 9.91. The third kappa shape index (κ3) is 8.03. The molecule has 2 aromatic heterocycles. The van der Waals surface area contributed by atoms with Crippen LogP contribution in [0.4, 0.5) is 19.0 Å². The summed E-state index contributed by atoms with van der Waals surface area (Å²) in [6.45, 7) is 16.1. The molecule has 0 bridgehead atoms. The van der Waals surface area contributed by atoms with E-state index in [1.807, 2.05) is 20.0 Å². The summed E-state index contributed by atoms with van der Waals surface area (Å²) >= 11 is 0. The van der Waals surface area contributed by atoms with Crippen LogP contribution in [0.15, 0.2) is 61.8 Å². The van der Waals surface area contributed by atoms with Crippen molar-refractivity contribution in [3.05, 3.63) is 73.1 Å². The van der Waals surface area contributed by atoms with Gasteiger partial charge in [0, 0.05) is 31.7 Å². The Hall–Kier alpha value is -3.43. The van der Waals surface area contributed by atoms with Crippen LogP contribution in [-0.4, -0.2) is 45.0 Å². The largest absolute Gasteiger partial charge is 0.410 e. The molecule has 2 aliphatic rings. The van der Waals surface area contributed by atoms with Gasteiger partial charge in [-0.25, -0.2) is 4.98 Å². The quantitative estimate of drug-likeness (QED) is 0.391. The van der Waals surface area contributed by atoms with Crippen LogP contribution in [0.2, 0.25) is 0 Å². The van der Waals surface area contributed by atoms with Crippen LogP contribution in [0.25, 0.3) is 5.70 Å². The number of pyridine rings is 1. The van der Waals surface area contributed by atoms with E-state index >= 15 is 0 Å². The first-order chi connectivity index (χ1) is 18.0. The molecule has 10 heteroatoms. The minimum atomic E-state index is -4.33. The molecule has 2 atom stereocenters. The maximum atomic E-state index is 13.0. The van der Waals surface area contributed by atoms with Gasteiger partial charge in [-0.05, 0) is 36.6 Å². The van der Waals surface area contributed by atoms with E-state index in [1.54, 1.807) is 34.1 Å². The highest BCUT2D eigenvalue weighted by molar-refractivity contribution is 5.58. The molecule has 2 unspecified atom stereocenters. The summed E-state index contributed by atoms with van der Waals surface area (Å²) in [6, 6.07) is 3.48. The molecule has 0 spiro atoms. The van der Waals surface area contributed by atoms with Crippen LogP contribution in [-0.2, 0) is 7.05 Å². The summed E-state index contributed by atoms with van der Waals surface area (Å²) in [5.74, 6) is 1.84. The number of halogens is 3. The summed E-state index contributed by atoms with van der Waals surface area (Å²) in [4.78, 5) is 5.88. The Balaban J connectivity index is 0.000000494. The van der Waals surface area contributed by atoms with Crippen LogP contribution in [0.3, 0.4) is 0 Å². The number of nitrogens with one attached hydrogen (secondary N) is 3. The van der Waals surface area contributed by atoms with E-state index in [9.17, 15) is 13.2 Å². The van der Waals surface area contributed by atoms with Crippen molar-refractivity contribution in [2.75, 3.05) is 18.4 Å². The first-order valence-corrected chi connectivity index (χ1v) is 13.1. The maximum Gasteiger partial charge on any atom is 0.410 e. The Morgan fingerprint density at radius 3 is 2.45 bits per heavy atom. The van der Waals surface area contributed by atoms with E-state index in [0.717, 1.165) is 17.2 Å². The predicted octanol–water partition coefficient (Wildman–Crippen LogP) is 5.96. The summed E-state index contributed by atoms with van der Waals surface area (Å²) < 4.78 is 40.8. The minimum Gasteiger partial charge on any atom is -0.378 e. The first kappa shape index (κ1) is 29.1. The number of aromatic nitrogens is 3. The van der Waals surface area contributed by atoms with Gasteiger partial charge >= 0.3 is 6.18 Å². The number of hydrogen-bond acceptors (Lipinski definition) is 6. The highest BCUT2D eigenvalue weighted by Gasteiger charge is 2.45. The topological polar surface area (TPSA) is 70.0 Å². The van der Waals surface area contributed by atoms with Crippen molar-refractivity contribution in [1.29, 1.82) is 0 Å². The van der Waals surface area contributed by atoms with Crippen molar-refractivity contribution in [3.63, 3.8) is 0 Å². The van der Waals surface area contributed by atoms with Gasteiger partial charge in [0.25, 0.3) is 0 Å². The second-order valence-electron chi connectivity index (χ2n) is 10.1. The fourth-order valence-corrected chi connectivity index (χ4v) is 4.67. The van der Waals surface area contributed by atoms with Crippen molar-refractivity contribution < 1.29 is 13.2 Å². The Bertz CT molecular complexity index is 1100. The van der Waals surface area contributed by atoms with Crippen LogP contribution >= 0.6 is 0 Å². The molecule has 1 aliphatic carbocycles. The maximum absolute atomic E-state index is 13.0. The molecule has 3 heterocycles. The summed E-state index contributed by atoms with van der Waals surface area (Å²) in [7, 11) is 1.83. The molecule has 7 nitrogen and oxygen atoms in total.